The first kappa shape index (κ1) is 11.8. The first-order chi connectivity index (χ1) is 4.55. The summed E-state index contributed by atoms with van der Waals surface area (Å²) >= 11 is 0. The van der Waals surface area contributed by atoms with E-state index < -0.39 is 12.0 Å². The van der Waals surface area contributed by atoms with Gasteiger partial charge in [0.2, 0.25) is 0 Å². The van der Waals surface area contributed by atoms with Gasteiger partial charge in [0.15, 0.2) is 0 Å². The zero-order valence-electron chi connectivity index (χ0n) is 6.20. The average molecular weight is 147 g/mol. The van der Waals surface area contributed by atoms with Crippen molar-refractivity contribution in [1.82, 2.24) is 0 Å². The van der Waals surface area contributed by atoms with Crippen molar-refractivity contribution < 1.29 is 14.7 Å². The molecule has 0 aromatic carbocycles. The van der Waals surface area contributed by atoms with Crippen molar-refractivity contribution in [3.8, 4) is 0 Å². The van der Waals surface area contributed by atoms with Gasteiger partial charge in [0.25, 0.3) is 0 Å². The SMILES string of the molecule is C=O.CC(C)[C@H](N)C(=O)O. The van der Waals surface area contributed by atoms with E-state index in [-0.39, 0.29) is 5.92 Å². The minimum Gasteiger partial charge on any atom is -0.480 e. The Morgan fingerprint density at radius 3 is 1.80 bits per heavy atom. The maximum absolute atomic E-state index is 10.0. The fourth-order valence-electron chi connectivity index (χ4n) is 0.285. The number of hydrogen-bond donors (Lipinski definition) is 2. The molecule has 0 fully saturated rings. The number of carboxylic acids is 1. The molecule has 0 amide bonds. The lowest BCUT2D eigenvalue weighted by Crippen LogP contribution is -2.34. The van der Waals surface area contributed by atoms with Gasteiger partial charge in [-0.25, -0.2) is 0 Å². The first-order valence-corrected chi connectivity index (χ1v) is 2.83. The van der Waals surface area contributed by atoms with E-state index in [1.807, 2.05) is 6.79 Å². The molecule has 0 aliphatic heterocycles. The molecule has 0 spiro atoms. The lowest BCUT2D eigenvalue weighted by atomic mass is 10.1. The van der Waals surface area contributed by atoms with Gasteiger partial charge in [-0.1, -0.05) is 13.8 Å². The van der Waals surface area contributed by atoms with Crippen molar-refractivity contribution >= 4 is 12.8 Å². The summed E-state index contributed by atoms with van der Waals surface area (Å²) in [5, 5.41) is 8.23. The van der Waals surface area contributed by atoms with Crippen LogP contribution in [0.25, 0.3) is 0 Å². The molecule has 0 aromatic rings. The molecule has 3 N–H and O–H groups in total. The lowest BCUT2D eigenvalue weighted by molar-refractivity contribution is -0.139. The Labute approximate surface area is 60.0 Å². The van der Waals surface area contributed by atoms with Crippen LogP contribution in [0.5, 0.6) is 0 Å². The first-order valence-electron chi connectivity index (χ1n) is 2.83. The summed E-state index contributed by atoms with van der Waals surface area (Å²) in [5.74, 6) is -0.910. The Morgan fingerprint density at radius 2 is 1.80 bits per heavy atom. The maximum Gasteiger partial charge on any atom is 0.320 e. The molecule has 0 aliphatic carbocycles. The summed E-state index contributed by atoms with van der Waals surface area (Å²) in [6.45, 7) is 5.55. The van der Waals surface area contributed by atoms with Gasteiger partial charge in [0, 0.05) is 0 Å². The molecule has 0 heterocycles. The molecule has 0 saturated carbocycles. The number of nitrogens with two attached hydrogens (primary N) is 1. The highest BCUT2D eigenvalue weighted by Gasteiger charge is 2.14. The van der Waals surface area contributed by atoms with Gasteiger partial charge in [-0.3, -0.25) is 4.79 Å². The van der Waals surface area contributed by atoms with E-state index in [1.54, 1.807) is 13.8 Å². The Kier molecular flexibility index (Phi) is 7.37. The molecule has 4 heteroatoms. The number of carbonyl (C=O) groups is 2. The molecule has 10 heavy (non-hydrogen) atoms. The van der Waals surface area contributed by atoms with Gasteiger partial charge < -0.3 is 15.6 Å². The second kappa shape index (κ2) is 6.22. The molecule has 0 aliphatic rings. The highest BCUT2D eigenvalue weighted by Crippen LogP contribution is 1.96. The van der Waals surface area contributed by atoms with Crippen molar-refractivity contribution in [2.75, 3.05) is 0 Å². The van der Waals surface area contributed by atoms with E-state index in [1.165, 1.54) is 0 Å². The summed E-state index contributed by atoms with van der Waals surface area (Å²) in [6, 6.07) is -0.713. The van der Waals surface area contributed by atoms with Crippen LogP contribution in [-0.4, -0.2) is 23.9 Å². The standard InChI is InChI=1S/C5H11NO2.CH2O/c1-3(2)4(6)5(7)8;1-2/h3-4H,6H2,1-2H3,(H,7,8);1H2/t4-;/m0./s1. The van der Waals surface area contributed by atoms with Crippen LogP contribution in [0.1, 0.15) is 13.8 Å². The van der Waals surface area contributed by atoms with Gasteiger partial charge in [0.05, 0.1) is 0 Å². The molecule has 0 unspecified atom stereocenters. The van der Waals surface area contributed by atoms with Gasteiger partial charge >= 0.3 is 5.97 Å². The number of hydrogen-bond acceptors (Lipinski definition) is 3. The van der Waals surface area contributed by atoms with E-state index in [2.05, 4.69) is 0 Å². The van der Waals surface area contributed by atoms with Crippen LogP contribution in [0.4, 0.5) is 0 Å². The van der Waals surface area contributed by atoms with Crippen LogP contribution in [-0.2, 0) is 9.59 Å². The average Bonchev–Trinajstić information content (AvgIpc) is 1.90. The van der Waals surface area contributed by atoms with Gasteiger partial charge in [-0.05, 0) is 5.92 Å². The number of carbonyl (C=O) groups excluding carboxylic acids is 1. The quantitative estimate of drug-likeness (QED) is 0.570. The van der Waals surface area contributed by atoms with Gasteiger partial charge in [-0.15, -0.1) is 0 Å². The minimum atomic E-state index is -0.931. The molecule has 0 saturated heterocycles. The third-order valence-corrected chi connectivity index (χ3v) is 1.00. The van der Waals surface area contributed by atoms with Crippen molar-refractivity contribution in [1.29, 1.82) is 0 Å². The Bertz CT molecular complexity index is 103. The maximum atomic E-state index is 10.0. The Hall–Kier alpha value is -0.900. The Morgan fingerprint density at radius 1 is 1.50 bits per heavy atom. The number of rotatable bonds is 2. The topological polar surface area (TPSA) is 80.4 Å². The molecular formula is C6H13NO3. The highest BCUT2D eigenvalue weighted by molar-refractivity contribution is 5.73. The van der Waals surface area contributed by atoms with Gasteiger partial charge in [-0.2, -0.15) is 0 Å². The normalized spacial score (nSPS) is 11.6. The van der Waals surface area contributed by atoms with E-state index in [0.29, 0.717) is 0 Å². The smallest absolute Gasteiger partial charge is 0.320 e. The number of aliphatic carboxylic acids is 1. The van der Waals surface area contributed by atoms with Crippen molar-refractivity contribution in [2.45, 2.75) is 19.9 Å². The molecule has 0 bridgehead atoms. The molecule has 4 nitrogen and oxygen atoms in total. The van der Waals surface area contributed by atoms with Crippen molar-refractivity contribution in [3.05, 3.63) is 0 Å². The molecule has 1 atom stereocenters. The largest absolute Gasteiger partial charge is 0.480 e. The van der Waals surface area contributed by atoms with Crippen LogP contribution >= 0.6 is 0 Å². The minimum absolute atomic E-state index is 0.0208. The van der Waals surface area contributed by atoms with E-state index in [9.17, 15) is 4.79 Å². The van der Waals surface area contributed by atoms with E-state index in [0.717, 1.165) is 0 Å². The predicted molar refractivity (Wildman–Crippen MR) is 37.6 cm³/mol. The third-order valence-electron chi connectivity index (χ3n) is 1.00. The summed E-state index contributed by atoms with van der Waals surface area (Å²) in [5.41, 5.74) is 5.16. The monoisotopic (exact) mass is 147 g/mol. The van der Waals surface area contributed by atoms with Crippen LogP contribution in [0, 0.1) is 5.92 Å². The predicted octanol–water partition coefficient (Wildman–Crippen LogP) is -0.131. The molecule has 0 rings (SSSR count). The van der Waals surface area contributed by atoms with Gasteiger partial charge in [0.1, 0.15) is 12.8 Å². The zero-order chi connectivity index (χ0) is 8.73. The summed E-state index contributed by atoms with van der Waals surface area (Å²) in [4.78, 5) is 18.0. The molecule has 0 radical (unpaired) electrons. The van der Waals surface area contributed by atoms with Crippen molar-refractivity contribution in [2.24, 2.45) is 11.7 Å². The second-order valence-corrected chi connectivity index (χ2v) is 2.11. The lowest BCUT2D eigenvalue weighted by Gasteiger charge is -2.07. The summed E-state index contributed by atoms with van der Waals surface area (Å²) in [7, 11) is 0. The van der Waals surface area contributed by atoms with Crippen LogP contribution < -0.4 is 5.73 Å². The summed E-state index contributed by atoms with van der Waals surface area (Å²) < 4.78 is 0. The second-order valence-electron chi connectivity index (χ2n) is 2.11. The van der Waals surface area contributed by atoms with E-state index in [4.69, 9.17) is 15.6 Å². The fraction of sp³-hybridized carbons (Fsp3) is 0.667. The molecule has 60 valence electrons. The van der Waals surface area contributed by atoms with Crippen LogP contribution in [0.2, 0.25) is 0 Å². The number of carboxylic acid groups (broad SMARTS) is 1. The van der Waals surface area contributed by atoms with Crippen LogP contribution in [0.15, 0.2) is 0 Å². The molecular weight excluding hydrogens is 134 g/mol. The Balaban J connectivity index is 0. The highest BCUT2D eigenvalue weighted by atomic mass is 16.4. The summed E-state index contributed by atoms with van der Waals surface area (Å²) in [6.07, 6.45) is 0. The van der Waals surface area contributed by atoms with Crippen LogP contribution in [0.3, 0.4) is 0 Å². The molecule has 0 aromatic heterocycles. The van der Waals surface area contributed by atoms with Crippen molar-refractivity contribution in [3.63, 3.8) is 0 Å². The third kappa shape index (κ3) is 5.24. The fourth-order valence-corrected chi connectivity index (χ4v) is 0.285. The van der Waals surface area contributed by atoms with E-state index >= 15 is 0 Å². The zero-order valence-corrected chi connectivity index (χ0v) is 6.20.